The highest BCUT2D eigenvalue weighted by molar-refractivity contribution is 6.08. The molecule has 6 nitrogen and oxygen atoms in total. The minimum atomic E-state index is -1.06. The van der Waals surface area contributed by atoms with Crippen molar-refractivity contribution in [1.29, 1.82) is 0 Å². The number of rotatable bonds is 6. The van der Waals surface area contributed by atoms with Crippen LogP contribution in [0.4, 0.5) is 0 Å². The van der Waals surface area contributed by atoms with Crippen LogP contribution >= 0.6 is 0 Å². The van der Waals surface area contributed by atoms with E-state index in [2.05, 4.69) is 0 Å². The minimum absolute atomic E-state index is 0.0335. The molecule has 0 aliphatic carbocycles. The van der Waals surface area contributed by atoms with Crippen LogP contribution in [-0.4, -0.2) is 45.3 Å². The number of aromatic nitrogens is 1. The molecule has 2 rings (SSSR count). The highest BCUT2D eigenvalue weighted by Crippen LogP contribution is 2.15. The summed E-state index contributed by atoms with van der Waals surface area (Å²) in [5.74, 6) is -1.49. The molecule has 0 saturated heterocycles. The summed E-state index contributed by atoms with van der Waals surface area (Å²) in [5, 5.41) is 9.00. The molecule has 1 atom stereocenters. The van der Waals surface area contributed by atoms with E-state index in [4.69, 9.17) is 5.11 Å². The van der Waals surface area contributed by atoms with E-state index < -0.39 is 12.0 Å². The van der Waals surface area contributed by atoms with Crippen molar-refractivity contribution in [2.75, 3.05) is 7.05 Å². The van der Waals surface area contributed by atoms with Gasteiger partial charge in [0.2, 0.25) is 11.7 Å². The molecule has 1 heterocycles. The van der Waals surface area contributed by atoms with Crippen molar-refractivity contribution < 1.29 is 19.5 Å². The molecule has 0 fully saturated rings. The molecule has 0 aliphatic heterocycles. The minimum Gasteiger partial charge on any atom is -0.480 e. The average molecular weight is 342 g/mol. The van der Waals surface area contributed by atoms with E-state index >= 15 is 0 Å². The van der Waals surface area contributed by atoms with Gasteiger partial charge >= 0.3 is 5.97 Å². The van der Waals surface area contributed by atoms with Crippen molar-refractivity contribution in [1.82, 2.24) is 9.47 Å². The smallest absolute Gasteiger partial charge is 0.326 e. The third-order valence-electron chi connectivity index (χ3n) is 4.44. The molecule has 0 saturated carbocycles. The number of ketones is 1. The molecule has 1 aromatic heterocycles. The number of carboxylic acid groups (broad SMARTS) is 1. The molecule has 6 heteroatoms. The third-order valence-corrected chi connectivity index (χ3v) is 4.44. The Morgan fingerprint density at radius 1 is 1.12 bits per heavy atom. The second-order valence-corrected chi connectivity index (χ2v) is 6.16. The van der Waals surface area contributed by atoms with E-state index in [9.17, 15) is 14.4 Å². The van der Waals surface area contributed by atoms with Gasteiger partial charge < -0.3 is 14.6 Å². The number of nitrogens with zero attached hydrogens (tertiary/aromatic N) is 2. The van der Waals surface area contributed by atoms with Crippen LogP contribution in [0.3, 0.4) is 0 Å². The maximum absolute atomic E-state index is 12.6. The summed E-state index contributed by atoms with van der Waals surface area (Å²) in [7, 11) is 3.19. The first kappa shape index (κ1) is 18.4. The molecule has 0 bridgehead atoms. The molecule has 0 spiro atoms. The Bertz CT molecular complexity index is 805. The third kappa shape index (κ3) is 3.96. The van der Waals surface area contributed by atoms with E-state index in [1.165, 1.54) is 18.9 Å². The van der Waals surface area contributed by atoms with Gasteiger partial charge in [-0.25, -0.2) is 4.79 Å². The van der Waals surface area contributed by atoms with Crippen LogP contribution in [0.5, 0.6) is 0 Å². The Morgan fingerprint density at radius 3 is 2.28 bits per heavy atom. The summed E-state index contributed by atoms with van der Waals surface area (Å²) in [5.41, 5.74) is 2.80. The molecule has 132 valence electrons. The average Bonchev–Trinajstić information content (AvgIpc) is 2.94. The van der Waals surface area contributed by atoms with Gasteiger partial charge in [-0.3, -0.25) is 9.59 Å². The summed E-state index contributed by atoms with van der Waals surface area (Å²) < 4.78 is 1.68. The number of carboxylic acids is 1. The molecular formula is C19H22N2O4. The Kier molecular flexibility index (Phi) is 5.41. The lowest BCUT2D eigenvalue weighted by Gasteiger charge is -2.21. The van der Waals surface area contributed by atoms with Crippen LogP contribution < -0.4 is 0 Å². The Balaban J connectivity index is 2.18. The lowest BCUT2D eigenvalue weighted by atomic mass is 10.1. The van der Waals surface area contributed by atoms with E-state index in [0.717, 1.165) is 5.56 Å². The monoisotopic (exact) mass is 342 g/mol. The summed E-state index contributed by atoms with van der Waals surface area (Å²) >= 11 is 0. The van der Waals surface area contributed by atoms with Gasteiger partial charge in [0.25, 0.3) is 0 Å². The Labute approximate surface area is 146 Å². The Morgan fingerprint density at radius 2 is 1.72 bits per heavy atom. The molecule has 1 N–H and O–H groups in total. The van der Waals surface area contributed by atoms with Crippen LogP contribution in [0.15, 0.2) is 36.4 Å². The summed E-state index contributed by atoms with van der Waals surface area (Å²) in [6.07, 6.45) is 0.0335. The summed E-state index contributed by atoms with van der Waals surface area (Å²) in [6.45, 7) is 3.41. The topological polar surface area (TPSA) is 79.6 Å². The molecule has 1 amide bonds. The van der Waals surface area contributed by atoms with E-state index in [-0.39, 0.29) is 18.1 Å². The first-order chi connectivity index (χ1) is 11.7. The van der Waals surface area contributed by atoms with Crippen LogP contribution in [-0.2, 0) is 23.1 Å². The van der Waals surface area contributed by atoms with Crippen molar-refractivity contribution in [3.8, 4) is 0 Å². The molecule has 0 radical (unpaired) electrons. The maximum Gasteiger partial charge on any atom is 0.326 e. The van der Waals surface area contributed by atoms with Gasteiger partial charge in [0, 0.05) is 25.4 Å². The van der Waals surface area contributed by atoms with Crippen molar-refractivity contribution in [2.24, 2.45) is 7.05 Å². The van der Waals surface area contributed by atoms with Crippen LogP contribution in [0.25, 0.3) is 0 Å². The fourth-order valence-corrected chi connectivity index (χ4v) is 2.47. The van der Waals surface area contributed by atoms with Crippen molar-refractivity contribution in [3.05, 3.63) is 58.9 Å². The molecule has 1 unspecified atom stereocenters. The standard InChI is InChI=1S/C19H22N2O4/c1-12-5-7-14(8-6-12)18(23)16-10-9-15(21(16)4)11-17(22)20(3)13(2)19(24)25/h5-10,13H,11H2,1-4H3,(H,24,25). The van der Waals surface area contributed by atoms with Gasteiger partial charge in [-0.05, 0) is 26.0 Å². The number of aliphatic carboxylic acids is 1. The lowest BCUT2D eigenvalue weighted by molar-refractivity contribution is -0.148. The quantitative estimate of drug-likeness (QED) is 0.815. The number of benzene rings is 1. The number of amides is 1. The van der Waals surface area contributed by atoms with Gasteiger partial charge in [-0.15, -0.1) is 0 Å². The van der Waals surface area contributed by atoms with Crippen molar-refractivity contribution in [2.45, 2.75) is 26.3 Å². The molecule has 0 aliphatic rings. The van der Waals surface area contributed by atoms with Crippen LogP contribution in [0.1, 0.15) is 34.2 Å². The Hall–Kier alpha value is -2.89. The van der Waals surface area contributed by atoms with E-state index in [1.54, 1.807) is 35.9 Å². The second-order valence-electron chi connectivity index (χ2n) is 6.16. The van der Waals surface area contributed by atoms with Crippen LogP contribution in [0.2, 0.25) is 0 Å². The highest BCUT2D eigenvalue weighted by atomic mass is 16.4. The molecule has 2 aromatic rings. The fraction of sp³-hybridized carbons (Fsp3) is 0.316. The number of hydrogen-bond donors (Lipinski definition) is 1. The summed E-state index contributed by atoms with van der Waals surface area (Å²) in [4.78, 5) is 37.1. The van der Waals surface area contributed by atoms with E-state index in [0.29, 0.717) is 17.0 Å². The largest absolute Gasteiger partial charge is 0.480 e. The predicted molar refractivity (Wildman–Crippen MR) is 93.6 cm³/mol. The fourth-order valence-electron chi connectivity index (χ4n) is 2.47. The molecule has 1 aromatic carbocycles. The predicted octanol–water partition coefficient (Wildman–Crippen LogP) is 2.04. The van der Waals surface area contributed by atoms with Gasteiger partial charge in [-0.1, -0.05) is 29.8 Å². The lowest BCUT2D eigenvalue weighted by Crippen LogP contribution is -2.41. The first-order valence-electron chi connectivity index (χ1n) is 7.96. The van der Waals surface area contributed by atoms with Gasteiger partial charge in [0.15, 0.2) is 0 Å². The summed E-state index contributed by atoms with van der Waals surface area (Å²) in [6, 6.07) is 9.81. The second kappa shape index (κ2) is 7.34. The molecule has 25 heavy (non-hydrogen) atoms. The van der Waals surface area contributed by atoms with Crippen molar-refractivity contribution in [3.63, 3.8) is 0 Å². The van der Waals surface area contributed by atoms with Gasteiger partial charge in [-0.2, -0.15) is 0 Å². The number of carbonyl (C=O) groups is 3. The zero-order valence-electron chi connectivity index (χ0n) is 14.8. The zero-order chi connectivity index (χ0) is 18.7. The SMILES string of the molecule is Cc1ccc(C(=O)c2ccc(CC(=O)N(C)C(C)C(=O)O)n2C)cc1. The number of carbonyl (C=O) groups excluding carboxylic acids is 2. The number of likely N-dealkylation sites (N-methyl/N-ethyl adjacent to an activating group) is 1. The van der Waals surface area contributed by atoms with Gasteiger partial charge in [0.05, 0.1) is 12.1 Å². The van der Waals surface area contributed by atoms with E-state index in [1.807, 2.05) is 19.1 Å². The normalized spacial score (nSPS) is 11.8. The first-order valence-corrected chi connectivity index (χ1v) is 7.96. The molecular weight excluding hydrogens is 320 g/mol. The zero-order valence-corrected chi connectivity index (χ0v) is 14.8. The number of aryl methyl sites for hydroxylation is 1. The van der Waals surface area contributed by atoms with Gasteiger partial charge in [0.1, 0.15) is 6.04 Å². The van der Waals surface area contributed by atoms with Crippen LogP contribution in [0, 0.1) is 6.92 Å². The highest BCUT2D eigenvalue weighted by Gasteiger charge is 2.23. The maximum atomic E-state index is 12.6. The number of hydrogen-bond acceptors (Lipinski definition) is 3. The van der Waals surface area contributed by atoms with Crippen molar-refractivity contribution >= 4 is 17.7 Å².